The number of piperazine rings is 1. The van der Waals surface area contributed by atoms with Crippen LogP contribution in [0.4, 0.5) is 0 Å². The quantitative estimate of drug-likeness (QED) is 0.707. The lowest BCUT2D eigenvalue weighted by atomic mass is 10.2. The molecule has 8 nitrogen and oxygen atoms in total. The molecule has 2 atom stereocenters. The third kappa shape index (κ3) is 4.83. The fourth-order valence-electron chi connectivity index (χ4n) is 3.78. The summed E-state index contributed by atoms with van der Waals surface area (Å²) in [7, 11) is -2.03. The van der Waals surface area contributed by atoms with Gasteiger partial charge in [-0.25, -0.2) is 8.42 Å². The Bertz CT molecular complexity index is 765. The topological polar surface area (TPSA) is 79.4 Å². The minimum Gasteiger partial charge on any atom is -0.497 e. The molecule has 3 rings (SSSR count). The minimum atomic E-state index is -3.57. The Balaban J connectivity index is 1.55. The number of carbonyl (C=O) groups is 1. The monoisotopic (exact) mass is 411 g/mol. The molecule has 28 heavy (non-hydrogen) atoms. The van der Waals surface area contributed by atoms with Crippen LogP contribution in [-0.4, -0.2) is 93.6 Å². The highest BCUT2D eigenvalue weighted by Crippen LogP contribution is 2.21. The van der Waals surface area contributed by atoms with Crippen molar-refractivity contribution in [2.45, 2.75) is 31.0 Å². The van der Waals surface area contributed by atoms with E-state index >= 15 is 0 Å². The normalized spacial score (nSPS) is 24.9. The van der Waals surface area contributed by atoms with E-state index in [1.165, 1.54) is 11.4 Å². The number of carbonyl (C=O) groups excluding carboxylic acids is 1. The molecular formula is C19H29N3O5S. The molecule has 2 saturated heterocycles. The Kier molecular flexibility index (Phi) is 6.59. The van der Waals surface area contributed by atoms with Gasteiger partial charge in [0, 0.05) is 39.3 Å². The van der Waals surface area contributed by atoms with Crippen LogP contribution in [0.25, 0.3) is 0 Å². The van der Waals surface area contributed by atoms with Crippen LogP contribution < -0.4 is 4.74 Å². The highest BCUT2D eigenvalue weighted by atomic mass is 32.2. The SMILES string of the molecule is COc1ccc(S(=O)(=O)N2CCN(C(=O)CN3C[C@@H](C)O[C@@H](C)C3)CC2)cc1. The summed E-state index contributed by atoms with van der Waals surface area (Å²) < 4.78 is 37.8. The molecule has 0 spiro atoms. The second kappa shape index (κ2) is 8.77. The van der Waals surface area contributed by atoms with Crippen molar-refractivity contribution in [2.75, 3.05) is 52.9 Å². The van der Waals surface area contributed by atoms with Crippen molar-refractivity contribution in [3.05, 3.63) is 24.3 Å². The molecular weight excluding hydrogens is 382 g/mol. The number of rotatable bonds is 5. The van der Waals surface area contributed by atoms with Crippen LogP contribution in [0.5, 0.6) is 5.75 Å². The van der Waals surface area contributed by atoms with Gasteiger partial charge >= 0.3 is 0 Å². The van der Waals surface area contributed by atoms with Gasteiger partial charge in [0.2, 0.25) is 15.9 Å². The molecule has 0 aliphatic carbocycles. The van der Waals surface area contributed by atoms with E-state index in [1.807, 2.05) is 13.8 Å². The molecule has 2 aliphatic heterocycles. The molecule has 0 unspecified atom stereocenters. The molecule has 156 valence electrons. The van der Waals surface area contributed by atoms with Gasteiger partial charge in [0.25, 0.3) is 0 Å². The maximum Gasteiger partial charge on any atom is 0.243 e. The standard InChI is InChI=1S/C19H29N3O5S/c1-15-12-20(13-16(2)27-15)14-19(23)21-8-10-22(11-9-21)28(24,25)18-6-4-17(26-3)5-7-18/h4-7,15-16H,8-14H2,1-3H3/t15-,16+. The molecule has 9 heteroatoms. The Labute approximate surface area is 167 Å². The van der Waals surface area contributed by atoms with Gasteiger partial charge < -0.3 is 14.4 Å². The number of amides is 1. The van der Waals surface area contributed by atoms with Crippen molar-refractivity contribution in [2.24, 2.45) is 0 Å². The van der Waals surface area contributed by atoms with Crippen molar-refractivity contribution in [1.82, 2.24) is 14.1 Å². The maximum absolute atomic E-state index is 12.8. The molecule has 0 N–H and O–H groups in total. The lowest BCUT2D eigenvalue weighted by Gasteiger charge is -2.38. The van der Waals surface area contributed by atoms with Crippen LogP contribution >= 0.6 is 0 Å². The zero-order chi connectivity index (χ0) is 20.3. The summed E-state index contributed by atoms with van der Waals surface area (Å²) in [6.45, 7) is 7.26. The summed E-state index contributed by atoms with van der Waals surface area (Å²) in [5.74, 6) is 0.656. The second-order valence-electron chi connectivity index (χ2n) is 7.41. The second-order valence-corrected chi connectivity index (χ2v) is 9.35. The Hall–Kier alpha value is -1.68. The number of benzene rings is 1. The third-order valence-electron chi connectivity index (χ3n) is 5.14. The average molecular weight is 412 g/mol. The summed E-state index contributed by atoms with van der Waals surface area (Å²) in [6.07, 6.45) is 0.228. The summed E-state index contributed by atoms with van der Waals surface area (Å²) in [4.78, 5) is 16.7. The third-order valence-corrected chi connectivity index (χ3v) is 7.06. The number of morpholine rings is 1. The van der Waals surface area contributed by atoms with Crippen LogP contribution in [0.3, 0.4) is 0 Å². The lowest BCUT2D eigenvalue weighted by molar-refractivity contribution is -0.137. The predicted molar refractivity (Wildman–Crippen MR) is 105 cm³/mol. The van der Waals surface area contributed by atoms with Gasteiger partial charge in [-0.15, -0.1) is 0 Å². The van der Waals surface area contributed by atoms with Crippen molar-refractivity contribution >= 4 is 15.9 Å². The number of methoxy groups -OCH3 is 1. The highest BCUT2D eigenvalue weighted by Gasteiger charge is 2.31. The predicted octanol–water partition coefficient (Wildman–Crippen LogP) is 0.637. The van der Waals surface area contributed by atoms with Gasteiger partial charge in [-0.3, -0.25) is 9.69 Å². The first kappa shape index (κ1) is 21.0. The zero-order valence-electron chi connectivity index (χ0n) is 16.7. The molecule has 2 aliphatic rings. The van der Waals surface area contributed by atoms with Crippen molar-refractivity contribution < 1.29 is 22.7 Å². The van der Waals surface area contributed by atoms with E-state index in [1.54, 1.807) is 29.2 Å². The van der Waals surface area contributed by atoms with Gasteiger partial charge in [0.05, 0.1) is 30.8 Å². The number of ether oxygens (including phenoxy) is 2. The Morgan fingerprint density at radius 2 is 1.64 bits per heavy atom. The Morgan fingerprint density at radius 1 is 1.07 bits per heavy atom. The fraction of sp³-hybridized carbons (Fsp3) is 0.632. The van der Waals surface area contributed by atoms with Gasteiger partial charge in [-0.2, -0.15) is 4.31 Å². The van der Waals surface area contributed by atoms with Gasteiger partial charge in [0.15, 0.2) is 0 Å². The van der Waals surface area contributed by atoms with E-state index in [4.69, 9.17) is 9.47 Å². The van der Waals surface area contributed by atoms with E-state index in [0.717, 1.165) is 13.1 Å². The van der Waals surface area contributed by atoms with E-state index in [9.17, 15) is 13.2 Å². The Morgan fingerprint density at radius 3 is 2.18 bits per heavy atom. The number of sulfonamides is 1. The van der Waals surface area contributed by atoms with Crippen LogP contribution in [-0.2, 0) is 19.6 Å². The summed E-state index contributed by atoms with van der Waals surface area (Å²) in [5, 5.41) is 0. The molecule has 0 bridgehead atoms. The summed E-state index contributed by atoms with van der Waals surface area (Å²) >= 11 is 0. The molecule has 0 radical (unpaired) electrons. The van der Waals surface area contributed by atoms with E-state index in [0.29, 0.717) is 38.5 Å². The van der Waals surface area contributed by atoms with E-state index in [2.05, 4.69) is 4.90 Å². The van der Waals surface area contributed by atoms with Crippen LogP contribution in [0.1, 0.15) is 13.8 Å². The smallest absolute Gasteiger partial charge is 0.243 e. The highest BCUT2D eigenvalue weighted by molar-refractivity contribution is 7.89. The van der Waals surface area contributed by atoms with Gasteiger partial charge in [-0.1, -0.05) is 0 Å². The molecule has 2 fully saturated rings. The lowest BCUT2D eigenvalue weighted by Crippen LogP contribution is -2.54. The summed E-state index contributed by atoms with van der Waals surface area (Å²) in [6, 6.07) is 6.37. The van der Waals surface area contributed by atoms with E-state index in [-0.39, 0.29) is 23.0 Å². The number of hydrogen-bond acceptors (Lipinski definition) is 6. The van der Waals surface area contributed by atoms with Crippen LogP contribution in [0.2, 0.25) is 0 Å². The van der Waals surface area contributed by atoms with Gasteiger partial charge in [-0.05, 0) is 38.1 Å². The van der Waals surface area contributed by atoms with Crippen molar-refractivity contribution in [3.63, 3.8) is 0 Å². The molecule has 0 saturated carbocycles. The first-order valence-electron chi connectivity index (χ1n) is 9.59. The number of hydrogen-bond donors (Lipinski definition) is 0. The maximum atomic E-state index is 12.8. The molecule has 1 amide bonds. The van der Waals surface area contributed by atoms with Crippen LogP contribution in [0, 0.1) is 0 Å². The van der Waals surface area contributed by atoms with Crippen molar-refractivity contribution in [3.8, 4) is 5.75 Å². The van der Waals surface area contributed by atoms with Gasteiger partial charge in [0.1, 0.15) is 5.75 Å². The molecule has 1 aromatic rings. The molecule has 1 aromatic carbocycles. The average Bonchev–Trinajstić information content (AvgIpc) is 2.67. The van der Waals surface area contributed by atoms with E-state index < -0.39 is 10.0 Å². The first-order chi connectivity index (χ1) is 13.3. The zero-order valence-corrected chi connectivity index (χ0v) is 17.5. The largest absolute Gasteiger partial charge is 0.497 e. The number of nitrogens with zero attached hydrogens (tertiary/aromatic N) is 3. The summed E-state index contributed by atoms with van der Waals surface area (Å²) in [5.41, 5.74) is 0. The first-order valence-corrected chi connectivity index (χ1v) is 11.0. The van der Waals surface area contributed by atoms with Crippen LogP contribution in [0.15, 0.2) is 29.2 Å². The minimum absolute atomic E-state index is 0.0443. The fourth-order valence-corrected chi connectivity index (χ4v) is 5.20. The molecule has 0 aromatic heterocycles. The molecule has 2 heterocycles. The van der Waals surface area contributed by atoms with Crippen molar-refractivity contribution in [1.29, 1.82) is 0 Å².